The van der Waals surface area contributed by atoms with Crippen LogP contribution in [0, 0.1) is 18.3 Å². The Morgan fingerprint density at radius 2 is 2.03 bits per heavy atom. The van der Waals surface area contributed by atoms with Crippen molar-refractivity contribution in [3.05, 3.63) is 76.5 Å². The molecule has 0 unspecified atom stereocenters. The second-order valence-corrected chi connectivity index (χ2v) is 8.17. The first kappa shape index (κ1) is 17.9. The molecule has 0 N–H and O–H groups in total. The van der Waals surface area contributed by atoms with Gasteiger partial charge in [0.25, 0.3) is 0 Å². The maximum absolute atomic E-state index is 8.96. The average molecular weight is 415 g/mol. The third-order valence-corrected chi connectivity index (χ3v) is 6.21. The van der Waals surface area contributed by atoms with E-state index in [1.165, 1.54) is 4.88 Å². The van der Waals surface area contributed by atoms with E-state index in [9.17, 15) is 0 Å². The van der Waals surface area contributed by atoms with Gasteiger partial charge in [-0.25, -0.2) is 4.98 Å². The summed E-state index contributed by atoms with van der Waals surface area (Å²) in [6.45, 7) is 1.97. The van der Waals surface area contributed by atoms with E-state index in [2.05, 4.69) is 45.3 Å². The molecule has 3 aromatic heterocycles. The van der Waals surface area contributed by atoms with E-state index in [1.54, 1.807) is 11.3 Å². The Hall–Kier alpha value is -3.20. The Morgan fingerprint density at radius 1 is 1.14 bits per heavy atom. The summed E-state index contributed by atoms with van der Waals surface area (Å²) in [5.41, 5.74) is 5.63. The zero-order valence-electron chi connectivity index (χ0n) is 15.6. The summed E-state index contributed by atoms with van der Waals surface area (Å²) in [7, 11) is 0. The summed E-state index contributed by atoms with van der Waals surface area (Å²) >= 11 is 8.33. The fourth-order valence-electron chi connectivity index (χ4n) is 3.69. The number of halogens is 1. The molecule has 5 rings (SSSR count). The highest BCUT2D eigenvalue weighted by molar-refractivity contribution is 7.13. The average Bonchev–Trinajstić information content (AvgIpc) is 3.36. The van der Waals surface area contributed by atoms with Crippen molar-refractivity contribution in [2.24, 2.45) is 0 Å². The van der Waals surface area contributed by atoms with Crippen LogP contribution in [0.4, 0.5) is 0 Å². The lowest BCUT2D eigenvalue weighted by molar-refractivity contribution is 1.00. The summed E-state index contributed by atoms with van der Waals surface area (Å²) in [6, 6.07) is 18.4. The van der Waals surface area contributed by atoms with Crippen molar-refractivity contribution in [1.82, 2.24) is 14.5 Å². The molecule has 0 saturated carbocycles. The van der Waals surface area contributed by atoms with Gasteiger partial charge in [0.05, 0.1) is 40.4 Å². The number of benzene rings is 2. The minimum absolute atomic E-state index is 0.334. The van der Waals surface area contributed by atoms with E-state index in [0.29, 0.717) is 11.4 Å². The number of hydrogen-bond acceptors (Lipinski definition) is 4. The van der Waals surface area contributed by atoms with Crippen molar-refractivity contribution < 1.29 is 0 Å². The van der Waals surface area contributed by atoms with Gasteiger partial charge in [-0.3, -0.25) is 9.55 Å². The van der Waals surface area contributed by atoms with Gasteiger partial charge in [0.15, 0.2) is 0 Å². The monoisotopic (exact) mass is 414 g/mol. The molecule has 0 spiro atoms. The Kier molecular flexibility index (Phi) is 4.31. The van der Waals surface area contributed by atoms with E-state index in [1.807, 2.05) is 37.4 Å². The van der Waals surface area contributed by atoms with Crippen molar-refractivity contribution in [1.29, 1.82) is 5.26 Å². The second-order valence-electron chi connectivity index (χ2n) is 6.82. The van der Waals surface area contributed by atoms with Crippen LogP contribution < -0.4 is 0 Å². The molecule has 5 aromatic rings. The maximum atomic E-state index is 8.96. The lowest BCUT2D eigenvalue weighted by atomic mass is 10.1. The predicted molar refractivity (Wildman–Crippen MR) is 119 cm³/mol. The molecule has 0 aliphatic carbocycles. The molecule has 0 aliphatic rings. The smallest absolute Gasteiger partial charge is 0.111 e. The maximum Gasteiger partial charge on any atom is 0.111 e. The van der Waals surface area contributed by atoms with Gasteiger partial charge in [-0.1, -0.05) is 29.8 Å². The SMILES string of the molecule is Cc1nc2cnc3ccc(-c4cccs4)cc3c2n1-c1ccc(CC#N)cc1Cl. The summed E-state index contributed by atoms with van der Waals surface area (Å²) in [4.78, 5) is 10.5. The first-order chi connectivity index (χ1) is 14.2. The van der Waals surface area contributed by atoms with Crippen molar-refractivity contribution in [3.8, 4) is 22.2 Å². The summed E-state index contributed by atoms with van der Waals surface area (Å²) in [5, 5.41) is 12.7. The number of hydrogen-bond donors (Lipinski definition) is 0. The molecule has 6 heteroatoms. The molecular weight excluding hydrogens is 400 g/mol. The minimum Gasteiger partial charge on any atom is -0.294 e. The van der Waals surface area contributed by atoms with Crippen LogP contribution >= 0.6 is 22.9 Å². The van der Waals surface area contributed by atoms with E-state index in [-0.39, 0.29) is 0 Å². The van der Waals surface area contributed by atoms with Gasteiger partial charge in [0.1, 0.15) is 11.3 Å². The molecule has 0 saturated heterocycles. The lowest BCUT2D eigenvalue weighted by Crippen LogP contribution is -1.99. The van der Waals surface area contributed by atoms with Gasteiger partial charge < -0.3 is 0 Å². The zero-order chi connectivity index (χ0) is 20.0. The highest BCUT2D eigenvalue weighted by Gasteiger charge is 2.16. The molecule has 4 nitrogen and oxygen atoms in total. The third-order valence-electron chi connectivity index (χ3n) is 4.99. The van der Waals surface area contributed by atoms with Crippen LogP contribution in [0.25, 0.3) is 38.1 Å². The largest absolute Gasteiger partial charge is 0.294 e. The van der Waals surface area contributed by atoms with Gasteiger partial charge in [-0.2, -0.15) is 5.26 Å². The minimum atomic E-state index is 0.334. The lowest BCUT2D eigenvalue weighted by Gasteiger charge is -2.12. The zero-order valence-corrected chi connectivity index (χ0v) is 17.1. The molecule has 140 valence electrons. The molecule has 0 fully saturated rings. The highest BCUT2D eigenvalue weighted by Crippen LogP contribution is 2.34. The van der Waals surface area contributed by atoms with Gasteiger partial charge in [0.2, 0.25) is 0 Å². The number of nitrogens with zero attached hydrogens (tertiary/aromatic N) is 4. The molecule has 0 aliphatic heterocycles. The highest BCUT2D eigenvalue weighted by atomic mass is 35.5. The molecule has 0 amide bonds. The summed E-state index contributed by atoms with van der Waals surface area (Å²) in [6.07, 6.45) is 2.14. The van der Waals surface area contributed by atoms with Gasteiger partial charge >= 0.3 is 0 Å². The number of nitriles is 1. The molecular formula is C23H15ClN4S. The van der Waals surface area contributed by atoms with Crippen molar-refractivity contribution in [3.63, 3.8) is 0 Å². The first-order valence-corrected chi connectivity index (χ1v) is 10.4. The van der Waals surface area contributed by atoms with E-state index in [4.69, 9.17) is 21.8 Å². The standard InChI is InChI=1S/C23H15ClN4S/c1-14-27-20-13-26-19-6-5-16(22-3-2-10-29-22)12-17(19)23(20)28(14)21-7-4-15(8-9-25)11-18(21)24/h2-7,10-13H,8H2,1H3. The van der Waals surface area contributed by atoms with Gasteiger partial charge in [0, 0.05) is 10.3 Å². The number of aromatic nitrogens is 3. The Morgan fingerprint density at radius 3 is 2.79 bits per heavy atom. The van der Waals surface area contributed by atoms with Crippen LogP contribution in [0.5, 0.6) is 0 Å². The third kappa shape index (κ3) is 2.98. The summed E-state index contributed by atoms with van der Waals surface area (Å²) in [5.74, 6) is 0.839. The Bertz CT molecular complexity index is 1410. The number of aryl methyl sites for hydroxylation is 1. The van der Waals surface area contributed by atoms with E-state index < -0.39 is 0 Å². The van der Waals surface area contributed by atoms with Gasteiger partial charge in [-0.05, 0) is 53.8 Å². The number of rotatable bonds is 3. The fraction of sp³-hybridized carbons (Fsp3) is 0.0870. The van der Waals surface area contributed by atoms with Crippen LogP contribution in [-0.2, 0) is 6.42 Å². The number of thiophene rings is 1. The van der Waals surface area contributed by atoms with Crippen LogP contribution in [0.15, 0.2) is 60.1 Å². The van der Waals surface area contributed by atoms with Crippen molar-refractivity contribution >= 4 is 44.9 Å². The summed E-state index contributed by atoms with van der Waals surface area (Å²) < 4.78 is 2.08. The van der Waals surface area contributed by atoms with Gasteiger partial charge in [-0.15, -0.1) is 11.3 Å². The quantitative estimate of drug-likeness (QED) is 0.346. The van der Waals surface area contributed by atoms with E-state index in [0.717, 1.165) is 44.6 Å². The predicted octanol–water partition coefficient (Wildman–Crippen LogP) is 6.33. The number of pyridine rings is 1. The van der Waals surface area contributed by atoms with E-state index >= 15 is 0 Å². The van der Waals surface area contributed by atoms with Crippen LogP contribution in [-0.4, -0.2) is 14.5 Å². The first-order valence-electron chi connectivity index (χ1n) is 9.13. The second kappa shape index (κ2) is 7.00. The molecule has 0 bridgehead atoms. The molecule has 2 aromatic carbocycles. The Labute approximate surface area is 176 Å². The molecule has 0 atom stereocenters. The number of fused-ring (bicyclic) bond motifs is 3. The number of imidazole rings is 1. The topological polar surface area (TPSA) is 54.5 Å². The van der Waals surface area contributed by atoms with Crippen LogP contribution in [0.3, 0.4) is 0 Å². The molecule has 3 heterocycles. The normalized spacial score (nSPS) is 11.2. The van der Waals surface area contributed by atoms with Crippen molar-refractivity contribution in [2.45, 2.75) is 13.3 Å². The fourth-order valence-corrected chi connectivity index (χ4v) is 4.71. The van der Waals surface area contributed by atoms with Crippen LogP contribution in [0.2, 0.25) is 5.02 Å². The Balaban J connectivity index is 1.81. The molecule has 29 heavy (non-hydrogen) atoms. The van der Waals surface area contributed by atoms with Crippen molar-refractivity contribution in [2.75, 3.05) is 0 Å². The van der Waals surface area contributed by atoms with Crippen LogP contribution in [0.1, 0.15) is 11.4 Å². The molecule has 0 radical (unpaired) electrons.